The molecule has 0 radical (unpaired) electrons. The molecule has 0 saturated heterocycles. The highest BCUT2D eigenvalue weighted by Gasteiger charge is 2.13. The van der Waals surface area contributed by atoms with Gasteiger partial charge in [0.15, 0.2) is 0 Å². The minimum absolute atomic E-state index is 0.0347. The van der Waals surface area contributed by atoms with E-state index in [0.717, 1.165) is 16.1 Å². The zero-order valence-corrected chi connectivity index (χ0v) is 11.6. The number of rotatable bonds is 4. The molecule has 100 valence electrons. The molecule has 1 amide bonds. The van der Waals surface area contributed by atoms with Crippen LogP contribution in [-0.4, -0.2) is 10.5 Å². The van der Waals surface area contributed by atoms with Gasteiger partial charge < -0.3 is 9.88 Å². The van der Waals surface area contributed by atoms with Crippen LogP contribution >= 0.6 is 11.3 Å². The number of nitrogens with one attached hydrogen (secondary N) is 1. The molecule has 3 nitrogen and oxygen atoms in total. The third kappa shape index (κ3) is 2.65. The van der Waals surface area contributed by atoms with Crippen LogP contribution in [0, 0.1) is 0 Å². The number of hydrogen-bond acceptors (Lipinski definition) is 2. The first-order chi connectivity index (χ1) is 9.84. The Morgan fingerprint density at radius 2 is 1.80 bits per heavy atom. The first-order valence-electron chi connectivity index (χ1n) is 6.37. The SMILES string of the molecule is O=C(NCc1ccccc1)c1sccc1-n1cccc1. The highest BCUT2D eigenvalue weighted by Crippen LogP contribution is 2.21. The molecule has 0 bridgehead atoms. The lowest BCUT2D eigenvalue weighted by Gasteiger charge is -2.07. The van der Waals surface area contributed by atoms with Gasteiger partial charge in [0.2, 0.25) is 0 Å². The first-order valence-corrected chi connectivity index (χ1v) is 7.25. The van der Waals surface area contributed by atoms with Gasteiger partial charge in [0.25, 0.3) is 5.91 Å². The first kappa shape index (κ1) is 12.7. The smallest absolute Gasteiger partial charge is 0.263 e. The van der Waals surface area contributed by atoms with E-state index >= 15 is 0 Å². The van der Waals surface area contributed by atoms with Gasteiger partial charge in [-0.3, -0.25) is 4.79 Å². The maximum absolute atomic E-state index is 12.3. The van der Waals surface area contributed by atoms with Crippen LogP contribution in [0.25, 0.3) is 5.69 Å². The van der Waals surface area contributed by atoms with Crippen molar-refractivity contribution in [2.24, 2.45) is 0 Å². The lowest BCUT2D eigenvalue weighted by molar-refractivity contribution is 0.0955. The van der Waals surface area contributed by atoms with Crippen LogP contribution in [0.5, 0.6) is 0 Å². The van der Waals surface area contributed by atoms with Gasteiger partial charge in [-0.25, -0.2) is 0 Å². The molecule has 0 aliphatic heterocycles. The van der Waals surface area contributed by atoms with Crippen LogP contribution in [-0.2, 0) is 6.54 Å². The van der Waals surface area contributed by atoms with Crippen molar-refractivity contribution in [3.63, 3.8) is 0 Å². The molecule has 1 N–H and O–H groups in total. The monoisotopic (exact) mass is 282 g/mol. The Morgan fingerprint density at radius 3 is 2.55 bits per heavy atom. The molecule has 4 heteroatoms. The molecule has 0 saturated carbocycles. The van der Waals surface area contributed by atoms with Gasteiger partial charge in [-0.05, 0) is 29.1 Å². The van der Waals surface area contributed by atoms with Crippen molar-refractivity contribution in [2.75, 3.05) is 0 Å². The Hall–Kier alpha value is -2.33. The summed E-state index contributed by atoms with van der Waals surface area (Å²) in [6.45, 7) is 0.544. The van der Waals surface area contributed by atoms with Crippen LogP contribution in [0.2, 0.25) is 0 Å². The minimum Gasteiger partial charge on any atom is -0.347 e. The van der Waals surface area contributed by atoms with Gasteiger partial charge >= 0.3 is 0 Å². The molecule has 0 aliphatic rings. The fraction of sp³-hybridized carbons (Fsp3) is 0.0625. The maximum Gasteiger partial charge on any atom is 0.263 e. The quantitative estimate of drug-likeness (QED) is 0.781. The fourth-order valence-corrected chi connectivity index (χ4v) is 2.84. The Kier molecular flexibility index (Phi) is 3.65. The normalized spacial score (nSPS) is 10.4. The van der Waals surface area contributed by atoms with E-state index < -0.39 is 0 Å². The number of nitrogens with zero attached hydrogens (tertiary/aromatic N) is 1. The van der Waals surface area contributed by atoms with Gasteiger partial charge in [-0.15, -0.1) is 11.3 Å². The van der Waals surface area contributed by atoms with E-state index in [1.807, 2.05) is 70.9 Å². The van der Waals surface area contributed by atoms with E-state index in [2.05, 4.69) is 5.32 Å². The summed E-state index contributed by atoms with van der Waals surface area (Å²) >= 11 is 1.46. The van der Waals surface area contributed by atoms with Gasteiger partial charge in [-0.2, -0.15) is 0 Å². The second kappa shape index (κ2) is 5.75. The molecule has 3 rings (SSSR count). The van der Waals surface area contributed by atoms with E-state index in [0.29, 0.717) is 6.54 Å². The number of benzene rings is 1. The molecule has 2 aromatic heterocycles. The van der Waals surface area contributed by atoms with Crippen LogP contribution in [0.3, 0.4) is 0 Å². The summed E-state index contributed by atoms with van der Waals surface area (Å²) in [6, 6.07) is 15.8. The molecule has 3 aromatic rings. The Labute approximate surface area is 121 Å². The summed E-state index contributed by atoms with van der Waals surface area (Å²) < 4.78 is 1.95. The second-order valence-corrected chi connectivity index (χ2v) is 5.31. The molecule has 0 atom stereocenters. The Balaban J connectivity index is 1.74. The molecule has 1 aromatic carbocycles. The van der Waals surface area contributed by atoms with E-state index in [1.165, 1.54) is 11.3 Å². The predicted molar refractivity (Wildman–Crippen MR) is 81.3 cm³/mol. The number of thiophene rings is 1. The summed E-state index contributed by atoms with van der Waals surface area (Å²) in [5, 5.41) is 4.90. The molecular weight excluding hydrogens is 268 g/mol. The minimum atomic E-state index is -0.0347. The largest absolute Gasteiger partial charge is 0.347 e. The number of carbonyl (C=O) groups is 1. The highest BCUT2D eigenvalue weighted by molar-refractivity contribution is 7.12. The lowest BCUT2D eigenvalue weighted by Crippen LogP contribution is -2.22. The third-order valence-corrected chi connectivity index (χ3v) is 3.93. The lowest BCUT2D eigenvalue weighted by atomic mass is 10.2. The van der Waals surface area contributed by atoms with Crippen LogP contribution in [0.15, 0.2) is 66.3 Å². The van der Waals surface area contributed by atoms with Crippen molar-refractivity contribution in [1.82, 2.24) is 9.88 Å². The van der Waals surface area contributed by atoms with Crippen molar-refractivity contribution in [3.8, 4) is 5.69 Å². The highest BCUT2D eigenvalue weighted by atomic mass is 32.1. The maximum atomic E-state index is 12.3. The van der Waals surface area contributed by atoms with Gasteiger partial charge in [0, 0.05) is 18.9 Å². The number of amides is 1. The summed E-state index contributed by atoms with van der Waals surface area (Å²) in [5.74, 6) is -0.0347. The van der Waals surface area contributed by atoms with Gasteiger partial charge in [0.05, 0.1) is 5.69 Å². The van der Waals surface area contributed by atoms with E-state index in [-0.39, 0.29) is 5.91 Å². The van der Waals surface area contributed by atoms with E-state index in [1.54, 1.807) is 0 Å². The topological polar surface area (TPSA) is 34.0 Å². The molecule has 0 spiro atoms. The zero-order valence-electron chi connectivity index (χ0n) is 10.8. The summed E-state index contributed by atoms with van der Waals surface area (Å²) in [6.07, 6.45) is 3.88. The van der Waals surface area contributed by atoms with Crippen molar-refractivity contribution in [3.05, 3.63) is 76.7 Å². The van der Waals surface area contributed by atoms with Crippen LogP contribution in [0.4, 0.5) is 0 Å². The number of aromatic nitrogens is 1. The summed E-state index contributed by atoms with van der Waals surface area (Å²) in [4.78, 5) is 13.0. The molecular formula is C16H14N2OS. The van der Waals surface area contributed by atoms with E-state index in [4.69, 9.17) is 0 Å². The van der Waals surface area contributed by atoms with Crippen LogP contribution < -0.4 is 5.32 Å². The Morgan fingerprint density at radius 1 is 1.05 bits per heavy atom. The molecule has 0 unspecified atom stereocenters. The summed E-state index contributed by atoms with van der Waals surface area (Å²) in [5.41, 5.74) is 2.02. The predicted octanol–water partition coefficient (Wildman–Crippen LogP) is 3.47. The zero-order chi connectivity index (χ0) is 13.8. The van der Waals surface area contributed by atoms with Crippen LogP contribution in [0.1, 0.15) is 15.2 Å². The summed E-state index contributed by atoms with van der Waals surface area (Å²) in [7, 11) is 0. The molecule has 2 heterocycles. The number of carbonyl (C=O) groups excluding carboxylic acids is 1. The van der Waals surface area contributed by atoms with Gasteiger partial charge in [-0.1, -0.05) is 30.3 Å². The number of hydrogen-bond donors (Lipinski definition) is 1. The van der Waals surface area contributed by atoms with Crippen molar-refractivity contribution in [2.45, 2.75) is 6.54 Å². The fourth-order valence-electron chi connectivity index (χ4n) is 2.03. The third-order valence-electron chi connectivity index (χ3n) is 3.03. The van der Waals surface area contributed by atoms with Crippen molar-refractivity contribution < 1.29 is 4.79 Å². The van der Waals surface area contributed by atoms with Crippen molar-refractivity contribution in [1.29, 1.82) is 0 Å². The molecule has 0 aliphatic carbocycles. The van der Waals surface area contributed by atoms with E-state index in [9.17, 15) is 4.79 Å². The Bertz CT molecular complexity index is 686. The average Bonchev–Trinajstić information content (AvgIpc) is 3.15. The van der Waals surface area contributed by atoms with Crippen molar-refractivity contribution >= 4 is 17.2 Å². The van der Waals surface area contributed by atoms with Gasteiger partial charge in [0.1, 0.15) is 4.88 Å². The molecule has 0 fully saturated rings. The second-order valence-electron chi connectivity index (χ2n) is 4.39. The standard InChI is InChI=1S/C16H14N2OS/c19-16(17-12-13-6-2-1-3-7-13)15-14(8-11-20-15)18-9-4-5-10-18/h1-11H,12H2,(H,17,19). The molecule has 20 heavy (non-hydrogen) atoms. The average molecular weight is 282 g/mol.